The van der Waals surface area contributed by atoms with Gasteiger partial charge in [-0.3, -0.25) is 13.9 Å². The zero-order valence-electron chi connectivity index (χ0n) is 18.5. The molecule has 0 unspecified atom stereocenters. The predicted octanol–water partition coefficient (Wildman–Crippen LogP) is 3.86. The summed E-state index contributed by atoms with van der Waals surface area (Å²) < 4.78 is 52.0. The van der Waals surface area contributed by atoms with E-state index in [4.69, 9.17) is 0 Å². The van der Waals surface area contributed by atoms with Crippen molar-refractivity contribution in [3.63, 3.8) is 0 Å². The molecular formula is C24H23F2N3O4S. The smallest absolute Gasteiger partial charge is 0.253 e. The molecule has 0 aliphatic rings. The minimum absolute atomic E-state index is 0.170. The number of carbonyl (C=O) groups excluding carboxylic acids is 2. The third-order valence-corrected chi connectivity index (χ3v) is 6.11. The minimum atomic E-state index is -4.00. The van der Waals surface area contributed by atoms with Crippen LogP contribution in [-0.2, 0) is 14.8 Å². The maximum Gasteiger partial charge on any atom is 0.253 e. The van der Waals surface area contributed by atoms with E-state index in [0.29, 0.717) is 10.4 Å². The van der Waals surface area contributed by atoms with E-state index in [0.717, 1.165) is 24.0 Å². The number of sulfonamides is 1. The molecular weight excluding hydrogens is 464 g/mol. The molecule has 2 amide bonds. The van der Waals surface area contributed by atoms with Crippen LogP contribution in [0.25, 0.3) is 0 Å². The van der Waals surface area contributed by atoms with Crippen molar-refractivity contribution in [2.45, 2.75) is 13.0 Å². The lowest BCUT2D eigenvalue weighted by atomic mass is 10.1. The quantitative estimate of drug-likeness (QED) is 0.504. The van der Waals surface area contributed by atoms with E-state index in [2.05, 4.69) is 10.6 Å². The lowest BCUT2D eigenvalue weighted by Crippen LogP contribution is -2.38. The molecule has 178 valence electrons. The largest absolute Gasteiger partial charge is 0.345 e. The first-order chi connectivity index (χ1) is 16.1. The summed E-state index contributed by atoms with van der Waals surface area (Å²) in [6.45, 7) is 1.11. The van der Waals surface area contributed by atoms with E-state index in [1.165, 1.54) is 12.1 Å². The van der Waals surface area contributed by atoms with Gasteiger partial charge in [0, 0.05) is 6.07 Å². The number of rotatable bonds is 8. The highest BCUT2D eigenvalue weighted by molar-refractivity contribution is 7.92. The number of hydrogen-bond donors (Lipinski definition) is 2. The van der Waals surface area contributed by atoms with Gasteiger partial charge in [0.2, 0.25) is 15.9 Å². The second-order valence-corrected chi connectivity index (χ2v) is 9.47. The van der Waals surface area contributed by atoms with Crippen molar-refractivity contribution in [3.8, 4) is 0 Å². The molecule has 3 rings (SSSR count). The van der Waals surface area contributed by atoms with Gasteiger partial charge in [-0.25, -0.2) is 17.2 Å². The first-order valence-corrected chi connectivity index (χ1v) is 12.1. The van der Waals surface area contributed by atoms with Crippen LogP contribution in [0.4, 0.5) is 20.2 Å². The molecule has 10 heteroatoms. The fourth-order valence-corrected chi connectivity index (χ4v) is 4.10. The maximum atomic E-state index is 13.6. The van der Waals surface area contributed by atoms with E-state index >= 15 is 0 Å². The van der Waals surface area contributed by atoms with E-state index in [1.54, 1.807) is 12.1 Å². The zero-order valence-corrected chi connectivity index (χ0v) is 19.3. The summed E-state index contributed by atoms with van der Waals surface area (Å²) in [4.78, 5) is 25.6. The normalized spacial score (nSPS) is 12.0. The number of nitrogens with zero attached hydrogens (tertiary/aromatic N) is 1. The summed E-state index contributed by atoms with van der Waals surface area (Å²) in [6, 6.07) is 17.8. The van der Waals surface area contributed by atoms with Gasteiger partial charge in [-0.15, -0.1) is 0 Å². The Bertz CT molecular complexity index is 1300. The fraction of sp³-hybridized carbons (Fsp3) is 0.167. The highest BCUT2D eigenvalue weighted by Crippen LogP contribution is 2.22. The Labute approximate surface area is 196 Å². The molecule has 0 aromatic heterocycles. The number of para-hydroxylation sites is 1. The molecule has 2 N–H and O–H groups in total. The number of amides is 2. The highest BCUT2D eigenvalue weighted by atomic mass is 32.2. The summed E-state index contributed by atoms with van der Waals surface area (Å²) in [5.74, 6) is -3.60. The van der Waals surface area contributed by atoms with Gasteiger partial charge in [-0.05, 0) is 36.8 Å². The molecule has 0 bridgehead atoms. The van der Waals surface area contributed by atoms with Gasteiger partial charge < -0.3 is 10.6 Å². The Kier molecular flexibility index (Phi) is 7.62. The van der Waals surface area contributed by atoms with Crippen LogP contribution in [-0.4, -0.2) is 33.0 Å². The van der Waals surface area contributed by atoms with Crippen molar-refractivity contribution in [1.29, 1.82) is 0 Å². The highest BCUT2D eigenvalue weighted by Gasteiger charge is 2.23. The number of nitrogens with one attached hydrogen (secondary N) is 2. The topological polar surface area (TPSA) is 95.6 Å². The van der Waals surface area contributed by atoms with Crippen LogP contribution >= 0.6 is 0 Å². The second kappa shape index (κ2) is 10.4. The Morgan fingerprint density at radius 1 is 0.941 bits per heavy atom. The predicted molar refractivity (Wildman–Crippen MR) is 126 cm³/mol. The third kappa shape index (κ3) is 6.16. The minimum Gasteiger partial charge on any atom is -0.345 e. The fourth-order valence-electron chi connectivity index (χ4n) is 3.25. The average Bonchev–Trinajstić information content (AvgIpc) is 2.79. The van der Waals surface area contributed by atoms with Gasteiger partial charge in [-0.2, -0.15) is 0 Å². The summed E-state index contributed by atoms with van der Waals surface area (Å²) in [6.07, 6.45) is 0.841. The van der Waals surface area contributed by atoms with Gasteiger partial charge in [0.25, 0.3) is 5.91 Å². The molecule has 7 nitrogen and oxygen atoms in total. The second-order valence-electron chi connectivity index (χ2n) is 7.57. The standard InChI is InChI=1S/C24H23F2N3O4S/c1-16(17-8-4-3-5-9-17)27-24(31)19-10-6-7-11-22(19)28-23(30)15-29(34(2,32)33)18-12-13-20(25)21(26)14-18/h3-14,16H,15H2,1-2H3,(H,27,31)(H,28,30)/t16-/m1/s1. The molecule has 0 spiro atoms. The molecule has 0 saturated heterocycles. The lowest BCUT2D eigenvalue weighted by Gasteiger charge is -2.22. The first kappa shape index (κ1) is 24.8. The number of halogens is 2. The maximum absolute atomic E-state index is 13.6. The van der Waals surface area contributed by atoms with E-state index in [-0.39, 0.29) is 23.0 Å². The molecule has 34 heavy (non-hydrogen) atoms. The monoisotopic (exact) mass is 487 g/mol. The van der Waals surface area contributed by atoms with Gasteiger partial charge in [0.05, 0.1) is 29.2 Å². The first-order valence-electron chi connectivity index (χ1n) is 10.2. The number of anilines is 2. The lowest BCUT2D eigenvalue weighted by molar-refractivity contribution is -0.114. The van der Waals surface area contributed by atoms with Crippen LogP contribution in [0, 0.1) is 11.6 Å². The molecule has 0 aliphatic heterocycles. The Balaban J connectivity index is 1.78. The van der Waals surface area contributed by atoms with E-state index in [9.17, 15) is 26.8 Å². The summed E-state index contributed by atoms with van der Waals surface area (Å²) >= 11 is 0. The van der Waals surface area contributed by atoms with Crippen LogP contribution < -0.4 is 14.9 Å². The average molecular weight is 488 g/mol. The van der Waals surface area contributed by atoms with Crippen molar-refractivity contribution in [2.75, 3.05) is 22.4 Å². The molecule has 1 atom stereocenters. The van der Waals surface area contributed by atoms with Crippen molar-refractivity contribution in [3.05, 3.63) is 95.6 Å². The number of carbonyl (C=O) groups is 2. The van der Waals surface area contributed by atoms with Gasteiger partial charge >= 0.3 is 0 Å². The molecule has 0 radical (unpaired) electrons. The molecule has 0 saturated carbocycles. The van der Waals surface area contributed by atoms with Gasteiger partial charge in [0.15, 0.2) is 11.6 Å². The van der Waals surface area contributed by atoms with Crippen LogP contribution in [0.1, 0.15) is 28.9 Å². The SMILES string of the molecule is C[C@@H](NC(=O)c1ccccc1NC(=O)CN(c1ccc(F)c(F)c1)S(C)(=O)=O)c1ccccc1. The zero-order chi connectivity index (χ0) is 24.9. The van der Waals surface area contributed by atoms with E-state index in [1.807, 2.05) is 37.3 Å². The van der Waals surface area contributed by atoms with Crippen LogP contribution in [0.3, 0.4) is 0 Å². The van der Waals surface area contributed by atoms with Crippen molar-refractivity contribution < 1.29 is 26.8 Å². The summed E-state index contributed by atoms with van der Waals surface area (Å²) in [5.41, 5.74) is 1.04. The molecule has 0 aliphatic carbocycles. The molecule has 3 aromatic rings. The molecule has 0 heterocycles. The number of benzene rings is 3. The van der Waals surface area contributed by atoms with Crippen LogP contribution in [0.5, 0.6) is 0 Å². The Morgan fingerprint density at radius 2 is 1.59 bits per heavy atom. The third-order valence-electron chi connectivity index (χ3n) is 4.97. The Morgan fingerprint density at radius 3 is 2.24 bits per heavy atom. The van der Waals surface area contributed by atoms with Gasteiger partial charge in [0.1, 0.15) is 6.54 Å². The Hall–Kier alpha value is -3.79. The van der Waals surface area contributed by atoms with E-state index < -0.39 is 40.0 Å². The van der Waals surface area contributed by atoms with Crippen LogP contribution in [0.15, 0.2) is 72.8 Å². The summed E-state index contributed by atoms with van der Waals surface area (Å²) in [5, 5.41) is 5.38. The summed E-state index contributed by atoms with van der Waals surface area (Å²) in [7, 11) is -4.00. The van der Waals surface area contributed by atoms with Crippen LogP contribution in [0.2, 0.25) is 0 Å². The molecule has 0 fully saturated rings. The van der Waals surface area contributed by atoms with Crippen molar-refractivity contribution in [2.24, 2.45) is 0 Å². The number of hydrogen-bond acceptors (Lipinski definition) is 4. The van der Waals surface area contributed by atoms with Gasteiger partial charge in [-0.1, -0.05) is 42.5 Å². The molecule has 3 aromatic carbocycles. The van der Waals surface area contributed by atoms with Crippen molar-refractivity contribution in [1.82, 2.24) is 5.32 Å². The van der Waals surface area contributed by atoms with Crippen molar-refractivity contribution >= 4 is 33.2 Å².